The van der Waals surface area contributed by atoms with Crippen molar-refractivity contribution in [2.75, 3.05) is 0 Å². The molecular weight excluding hydrogens is 230 g/mol. The first-order chi connectivity index (χ1) is 8.74. The highest BCUT2D eigenvalue weighted by Crippen LogP contribution is 2.26. The third-order valence-electron chi connectivity index (χ3n) is 2.83. The number of benzene rings is 1. The van der Waals surface area contributed by atoms with Gasteiger partial charge in [-0.15, -0.1) is 0 Å². The van der Waals surface area contributed by atoms with Crippen LogP contribution in [0.2, 0.25) is 0 Å². The Morgan fingerprint density at radius 3 is 3.00 bits per heavy atom. The number of para-hydroxylation sites is 1. The van der Waals surface area contributed by atoms with Gasteiger partial charge in [-0.25, -0.2) is 4.98 Å². The number of nitrogens with one attached hydrogen (secondary N) is 2. The Morgan fingerprint density at radius 1 is 1.33 bits per heavy atom. The van der Waals surface area contributed by atoms with E-state index in [1.54, 1.807) is 6.20 Å². The maximum absolute atomic E-state index is 10.6. The molecule has 0 atom stereocenters. The molecule has 0 aliphatic heterocycles. The lowest BCUT2D eigenvalue weighted by Gasteiger charge is -1.94. The molecule has 2 aromatic heterocycles. The number of aliphatic carboxylic acids is 1. The summed E-state index contributed by atoms with van der Waals surface area (Å²) in [4.78, 5) is 20.9. The lowest BCUT2D eigenvalue weighted by molar-refractivity contribution is -0.136. The largest absolute Gasteiger partial charge is 0.481 e. The van der Waals surface area contributed by atoms with Crippen molar-refractivity contribution >= 4 is 16.9 Å². The SMILES string of the molecule is O=C(O)Cc1ncc(-c2c[nH]c3ccccc23)[nH]1. The number of aromatic nitrogens is 3. The molecule has 0 spiro atoms. The standard InChI is InChI=1S/C13H11N3O2/c17-13(18)5-12-15-7-11(16-12)9-6-14-10-4-2-1-3-8(9)10/h1-4,6-7,14H,5H2,(H,15,16)(H,17,18). The van der Waals surface area contributed by atoms with Gasteiger partial charge in [-0.05, 0) is 6.07 Å². The van der Waals surface area contributed by atoms with Crippen molar-refractivity contribution in [2.45, 2.75) is 6.42 Å². The molecule has 3 N–H and O–H groups in total. The highest BCUT2D eigenvalue weighted by Gasteiger charge is 2.10. The number of nitrogens with zero attached hydrogens (tertiary/aromatic N) is 1. The molecule has 0 aliphatic rings. The first kappa shape index (κ1) is 10.6. The summed E-state index contributed by atoms with van der Waals surface area (Å²) >= 11 is 0. The molecule has 3 aromatic rings. The molecule has 5 heteroatoms. The number of rotatable bonds is 3. The molecule has 0 saturated carbocycles. The van der Waals surface area contributed by atoms with Crippen LogP contribution in [0.4, 0.5) is 0 Å². The summed E-state index contributed by atoms with van der Waals surface area (Å²) in [7, 11) is 0. The lowest BCUT2D eigenvalue weighted by atomic mass is 10.1. The first-order valence-corrected chi connectivity index (χ1v) is 5.56. The minimum atomic E-state index is -0.894. The number of hydrogen-bond donors (Lipinski definition) is 3. The predicted molar refractivity (Wildman–Crippen MR) is 67.2 cm³/mol. The molecular formula is C13H11N3O2. The zero-order valence-corrected chi connectivity index (χ0v) is 9.47. The molecule has 18 heavy (non-hydrogen) atoms. The maximum Gasteiger partial charge on any atom is 0.311 e. The normalized spacial score (nSPS) is 10.9. The maximum atomic E-state index is 10.6. The van der Waals surface area contributed by atoms with E-state index in [4.69, 9.17) is 5.11 Å². The van der Waals surface area contributed by atoms with Gasteiger partial charge in [-0.2, -0.15) is 0 Å². The van der Waals surface area contributed by atoms with Gasteiger partial charge in [0.05, 0.1) is 11.9 Å². The summed E-state index contributed by atoms with van der Waals surface area (Å²) in [6.45, 7) is 0. The van der Waals surface area contributed by atoms with Gasteiger partial charge in [0, 0.05) is 22.7 Å². The molecule has 0 amide bonds. The number of carbonyl (C=O) groups is 1. The van der Waals surface area contributed by atoms with Crippen molar-refractivity contribution in [3.63, 3.8) is 0 Å². The minimum absolute atomic E-state index is 0.0949. The van der Waals surface area contributed by atoms with E-state index in [-0.39, 0.29) is 6.42 Å². The van der Waals surface area contributed by atoms with E-state index in [1.807, 2.05) is 30.5 Å². The van der Waals surface area contributed by atoms with Crippen molar-refractivity contribution < 1.29 is 9.90 Å². The van der Waals surface area contributed by atoms with E-state index in [9.17, 15) is 4.79 Å². The van der Waals surface area contributed by atoms with Crippen LogP contribution in [0.5, 0.6) is 0 Å². The number of hydrogen-bond acceptors (Lipinski definition) is 2. The third-order valence-corrected chi connectivity index (χ3v) is 2.83. The van der Waals surface area contributed by atoms with Crippen molar-refractivity contribution in [2.24, 2.45) is 0 Å². The highest BCUT2D eigenvalue weighted by molar-refractivity contribution is 5.94. The lowest BCUT2D eigenvalue weighted by Crippen LogP contribution is -2.01. The average Bonchev–Trinajstić information content (AvgIpc) is 2.94. The Hall–Kier alpha value is -2.56. The Labute approximate surface area is 102 Å². The Bertz CT molecular complexity index is 712. The number of carboxylic acid groups (broad SMARTS) is 1. The molecule has 1 aromatic carbocycles. The van der Waals surface area contributed by atoms with Gasteiger partial charge < -0.3 is 15.1 Å². The third kappa shape index (κ3) is 1.75. The molecule has 0 fully saturated rings. The quantitative estimate of drug-likeness (QED) is 0.657. The topological polar surface area (TPSA) is 81.8 Å². The van der Waals surface area contributed by atoms with E-state index >= 15 is 0 Å². The zero-order chi connectivity index (χ0) is 12.5. The van der Waals surface area contributed by atoms with Gasteiger partial charge in [0.2, 0.25) is 0 Å². The van der Waals surface area contributed by atoms with Crippen LogP contribution in [0, 0.1) is 0 Å². The summed E-state index contributed by atoms with van der Waals surface area (Å²) in [6, 6.07) is 7.94. The van der Waals surface area contributed by atoms with E-state index in [2.05, 4.69) is 15.0 Å². The minimum Gasteiger partial charge on any atom is -0.481 e. The van der Waals surface area contributed by atoms with E-state index in [0.717, 1.165) is 22.2 Å². The molecule has 3 rings (SSSR count). The number of carboxylic acids is 1. The number of imidazole rings is 1. The van der Waals surface area contributed by atoms with Gasteiger partial charge in [0.15, 0.2) is 0 Å². The van der Waals surface area contributed by atoms with Crippen molar-refractivity contribution in [3.05, 3.63) is 42.5 Å². The Morgan fingerprint density at radius 2 is 2.17 bits per heavy atom. The monoisotopic (exact) mass is 241 g/mol. The average molecular weight is 241 g/mol. The van der Waals surface area contributed by atoms with E-state index in [0.29, 0.717) is 5.82 Å². The second-order valence-corrected chi connectivity index (χ2v) is 4.06. The second-order valence-electron chi connectivity index (χ2n) is 4.06. The Kier molecular flexibility index (Phi) is 2.37. The van der Waals surface area contributed by atoms with Gasteiger partial charge in [0.1, 0.15) is 12.2 Å². The summed E-state index contributed by atoms with van der Waals surface area (Å²) in [5.74, 6) is -0.433. The molecule has 0 bridgehead atoms. The van der Waals surface area contributed by atoms with Gasteiger partial charge in [-0.3, -0.25) is 4.79 Å². The molecule has 0 unspecified atom stereocenters. The highest BCUT2D eigenvalue weighted by atomic mass is 16.4. The second kappa shape index (κ2) is 4.03. The summed E-state index contributed by atoms with van der Waals surface area (Å²) < 4.78 is 0. The van der Waals surface area contributed by atoms with E-state index < -0.39 is 5.97 Å². The smallest absolute Gasteiger partial charge is 0.311 e. The van der Waals surface area contributed by atoms with Crippen LogP contribution in [0.1, 0.15) is 5.82 Å². The van der Waals surface area contributed by atoms with Crippen LogP contribution in [0.3, 0.4) is 0 Å². The summed E-state index contributed by atoms with van der Waals surface area (Å²) in [5.41, 5.74) is 2.86. The predicted octanol–water partition coefficient (Wildman–Crippen LogP) is 2.19. The fourth-order valence-electron chi connectivity index (χ4n) is 2.03. The summed E-state index contributed by atoms with van der Waals surface area (Å²) in [6.07, 6.45) is 3.46. The fraction of sp³-hybridized carbons (Fsp3) is 0.0769. The zero-order valence-electron chi connectivity index (χ0n) is 9.47. The van der Waals surface area contributed by atoms with Gasteiger partial charge >= 0.3 is 5.97 Å². The molecule has 0 radical (unpaired) electrons. The van der Waals surface area contributed by atoms with Crippen LogP contribution in [-0.2, 0) is 11.2 Å². The van der Waals surface area contributed by atoms with Crippen LogP contribution >= 0.6 is 0 Å². The number of aromatic amines is 2. The van der Waals surface area contributed by atoms with Crippen molar-refractivity contribution in [1.29, 1.82) is 0 Å². The molecule has 0 saturated heterocycles. The molecule has 2 heterocycles. The first-order valence-electron chi connectivity index (χ1n) is 5.56. The van der Waals surface area contributed by atoms with E-state index in [1.165, 1.54) is 0 Å². The number of fused-ring (bicyclic) bond motifs is 1. The molecule has 90 valence electrons. The summed E-state index contributed by atoms with van der Waals surface area (Å²) in [5, 5.41) is 9.80. The van der Waals surface area contributed by atoms with Crippen LogP contribution in [-0.4, -0.2) is 26.0 Å². The van der Waals surface area contributed by atoms with Crippen LogP contribution in [0.25, 0.3) is 22.2 Å². The Balaban J connectivity index is 2.04. The van der Waals surface area contributed by atoms with Crippen molar-refractivity contribution in [1.82, 2.24) is 15.0 Å². The van der Waals surface area contributed by atoms with Crippen LogP contribution < -0.4 is 0 Å². The molecule has 0 aliphatic carbocycles. The van der Waals surface area contributed by atoms with Crippen molar-refractivity contribution in [3.8, 4) is 11.3 Å². The van der Waals surface area contributed by atoms with Crippen LogP contribution in [0.15, 0.2) is 36.7 Å². The molecule has 5 nitrogen and oxygen atoms in total. The van der Waals surface area contributed by atoms with Gasteiger partial charge in [-0.1, -0.05) is 18.2 Å². The fourth-order valence-corrected chi connectivity index (χ4v) is 2.03. The van der Waals surface area contributed by atoms with Gasteiger partial charge in [0.25, 0.3) is 0 Å². The number of H-pyrrole nitrogens is 2.